The summed E-state index contributed by atoms with van der Waals surface area (Å²) < 4.78 is 5.22. The first-order valence-corrected chi connectivity index (χ1v) is 6.56. The van der Waals surface area contributed by atoms with E-state index in [0.29, 0.717) is 24.3 Å². The molecule has 0 radical (unpaired) electrons. The first-order chi connectivity index (χ1) is 9.72. The Bertz CT molecular complexity index is 593. The fraction of sp³-hybridized carbons (Fsp3) is 0.357. The van der Waals surface area contributed by atoms with Gasteiger partial charge in [0.1, 0.15) is 0 Å². The minimum Gasteiger partial charge on any atom is -0.480 e. The van der Waals surface area contributed by atoms with Gasteiger partial charge in [-0.2, -0.15) is 4.98 Å². The highest BCUT2D eigenvalue weighted by molar-refractivity contribution is 5.69. The molecule has 3 rings (SSSR count). The SMILES string of the molecule is O=C(O)CN(Cc1noc(-c2ccccc2)n1)C1CC1. The van der Waals surface area contributed by atoms with Gasteiger partial charge in [0.15, 0.2) is 5.82 Å². The zero-order valence-electron chi connectivity index (χ0n) is 10.9. The Labute approximate surface area is 116 Å². The smallest absolute Gasteiger partial charge is 0.317 e. The minimum atomic E-state index is -0.830. The van der Waals surface area contributed by atoms with E-state index in [2.05, 4.69) is 10.1 Å². The Hall–Kier alpha value is -2.21. The normalized spacial score (nSPS) is 14.7. The van der Waals surface area contributed by atoms with Crippen molar-refractivity contribution in [3.05, 3.63) is 36.2 Å². The lowest BCUT2D eigenvalue weighted by atomic mass is 10.2. The molecule has 0 amide bonds. The molecule has 1 fully saturated rings. The molecule has 1 saturated carbocycles. The van der Waals surface area contributed by atoms with Gasteiger partial charge in [0.25, 0.3) is 5.89 Å². The van der Waals surface area contributed by atoms with Crippen LogP contribution in [-0.4, -0.2) is 38.7 Å². The number of benzene rings is 1. The van der Waals surface area contributed by atoms with E-state index in [1.165, 1.54) is 0 Å². The summed E-state index contributed by atoms with van der Waals surface area (Å²) >= 11 is 0. The van der Waals surface area contributed by atoms with Crippen LogP contribution in [0.3, 0.4) is 0 Å². The van der Waals surface area contributed by atoms with Gasteiger partial charge in [0.2, 0.25) is 0 Å². The molecule has 1 N–H and O–H groups in total. The van der Waals surface area contributed by atoms with Crippen LogP contribution in [0.4, 0.5) is 0 Å². The van der Waals surface area contributed by atoms with E-state index in [9.17, 15) is 4.79 Å². The Morgan fingerprint density at radius 2 is 2.10 bits per heavy atom. The summed E-state index contributed by atoms with van der Waals surface area (Å²) in [5.74, 6) is 0.160. The van der Waals surface area contributed by atoms with Gasteiger partial charge in [-0.15, -0.1) is 0 Å². The van der Waals surface area contributed by atoms with Gasteiger partial charge in [-0.25, -0.2) is 0 Å². The molecule has 0 bridgehead atoms. The third-order valence-electron chi connectivity index (χ3n) is 3.23. The van der Waals surface area contributed by atoms with Crippen LogP contribution < -0.4 is 0 Å². The molecule has 6 heteroatoms. The summed E-state index contributed by atoms with van der Waals surface area (Å²) in [5, 5.41) is 12.8. The lowest BCUT2D eigenvalue weighted by Crippen LogP contribution is -2.31. The van der Waals surface area contributed by atoms with Gasteiger partial charge < -0.3 is 9.63 Å². The molecule has 1 aromatic heterocycles. The molecule has 6 nitrogen and oxygen atoms in total. The van der Waals surface area contributed by atoms with Gasteiger partial charge in [0.05, 0.1) is 13.1 Å². The number of aromatic nitrogens is 2. The fourth-order valence-electron chi connectivity index (χ4n) is 2.13. The second-order valence-electron chi connectivity index (χ2n) is 4.91. The molecule has 0 unspecified atom stereocenters. The molecule has 2 aromatic rings. The molecular formula is C14H15N3O3. The Kier molecular flexibility index (Phi) is 3.47. The van der Waals surface area contributed by atoms with E-state index in [4.69, 9.17) is 9.63 Å². The molecule has 20 heavy (non-hydrogen) atoms. The van der Waals surface area contributed by atoms with Gasteiger partial charge in [-0.05, 0) is 25.0 Å². The average Bonchev–Trinajstić information content (AvgIpc) is 3.19. The molecule has 0 atom stereocenters. The van der Waals surface area contributed by atoms with Crippen molar-refractivity contribution >= 4 is 5.97 Å². The van der Waals surface area contributed by atoms with Crippen LogP contribution in [-0.2, 0) is 11.3 Å². The molecular weight excluding hydrogens is 258 g/mol. The lowest BCUT2D eigenvalue weighted by Gasteiger charge is -2.16. The van der Waals surface area contributed by atoms with Gasteiger partial charge in [0, 0.05) is 11.6 Å². The van der Waals surface area contributed by atoms with Crippen molar-refractivity contribution in [1.82, 2.24) is 15.0 Å². The molecule has 1 aliphatic carbocycles. The third kappa shape index (κ3) is 3.03. The number of aliphatic carboxylic acids is 1. The standard InChI is InChI=1S/C14H15N3O3/c18-13(19)9-17(11-6-7-11)8-12-15-14(20-16-12)10-4-2-1-3-5-10/h1-5,11H,6-9H2,(H,18,19). The Balaban J connectivity index is 1.71. The third-order valence-corrected chi connectivity index (χ3v) is 3.23. The van der Waals surface area contributed by atoms with Crippen LogP contribution in [0.1, 0.15) is 18.7 Å². The van der Waals surface area contributed by atoms with E-state index in [-0.39, 0.29) is 6.54 Å². The summed E-state index contributed by atoms with van der Waals surface area (Å²) in [7, 11) is 0. The van der Waals surface area contributed by atoms with Crippen molar-refractivity contribution in [3.8, 4) is 11.5 Å². The van der Waals surface area contributed by atoms with E-state index < -0.39 is 5.97 Å². The highest BCUT2D eigenvalue weighted by Crippen LogP contribution is 2.28. The molecule has 1 aromatic carbocycles. The maximum Gasteiger partial charge on any atom is 0.317 e. The highest BCUT2D eigenvalue weighted by atomic mass is 16.5. The van der Waals surface area contributed by atoms with Gasteiger partial charge in [-0.3, -0.25) is 9.69 Å². The topological polar surface area (TPSA) is 79.5 Å². The van der Waals surface area contributed by atoms with Crippen molar-refractivity contribution in [3.63, 3.8) is 0 Å². The van der Waals surface area contributed by atoms with Crippen LogP contribution in [0.15, 0.2) is 34.9 Å². The number of carbonyl (C=O) groups is 1. The lowest BCUT2D eigenvalue weighted by molar-refractivity contribution is -0.138. The van der Waals surface area contributed by atoms with Crippen molar-refractivity contribution in [2.45, 2.75) is 25.4 Å². The summed E-state index contributed by atoms with van der Waals surface area (Å²) in [5.41, 5.74) is 0.863. The molecule has 1 heterocycles. The van der Waals surface area contributed by atoms with Crippen molar-refractivity contribution in [2.75, 3.05) is 6.54 Å². The van der Waals surface area contributed by atoms with Gasteiger partial charge >= 0.3 is 5.97 Å². The van der Waals surface area contributed by atoms with Crippen LogP contribution >= 0.6 is 0 Å². The largest absolute Gasteiger partial charge is 0.480 e. The summed E-state index contributed by atoms with van der Waals surface area (Å²) in [6.45, 7) is 0.424. The number of rotatable bonds is 6. The van der Waals surface area contributed by atoms with Crippen LogP contribution in [0.5, 0.6) is 0 Å². The quantitative estimate of drug-likeness (QED) is 0.864. The number of carboxylic acids is 1. The zero-order chi connectivity index (χ0) is 13.9. The molecule has 0 spiro atoms. The number of carboxylic acid groups (broad SMARTS) is 1. The van der Waals surface area contributed by atoms with E-state index in [1.807, 2.05) is 35.2 Å². The van der Waals surface area contributed by atoms with Crippen LogP contribution in [0.2, 0.25) is 0 Å². The Morgan fingerprint density at radius 3 is 2.75 bits per heavy atom. The molecule has 0 aliphatic heterocycles. The predicted octanol–water partition coefficient (Wildman–Crippen LogP) is 1.79. The minimum absolute atomic E-state index is 0.0138. The van der Waals surface area contributed by atoms with E-state index in [1.54, 1.807) is 0 Å². The van der Waals surface area contributed by atoms with Gasteiger partial charge in [-0.1, -0.05) is 23.4 Å². The van der Waals surface area contributed by atoms with Crippen molar-refractivity contribution in [1.29, 1.82) is 0 Å². The Morgan fingerprint density at radius 1 is 1.35 bits per heavy atom. The number of hydrogen-bond acceptors (Lipinski definition) is 5. The van der Waals surface area contributed by atoms with E-state index >= 15 is 0 Å². The second-order valence-corrected chi connectivity index (χ2v) is 4.91. The molecule has 104 valence electrons. The number of nitrogens with zero attached hydrogens (tertiary/aromatic N) is 3. The van der Waals surface area contributed by atoms with E-state index in [0.717, 1.165) is 18.4 Å². The monoisotopic (exact) mass is 273 g/mol. The molecule has 1 aliphatic rings. The summed E-state index contributed by atoms with van der Waals surface area (Å²) in [6.07, 6.45) is 2.08. The highest BCUT2D eigenvalue weighted by Gasteiger charge is 2.31. The maximum atomic E-state index is 10.9. The fourth-order valence-corrected chi connectivity index (χ4v) is 2.13. The summed E-state index contributed by atoms with van der Waals surface area (Å²) in [4.78, 5) is 17.1. The number of hydrogen-bond donors (Lipinski definition) is 1. The zero-order valence-corrected chi connectivity index (χ0v) is 10.9. The van der Waals surface area contributed by atoms with Crippen LogP contribution in [0.25, 0.3) is 11.5 Å². The maximum absolute atomic E-state index is 10.9. The first-order valence-electron chi connectivity index (χ1n) is 6.56. The van der Waals surface area contributed by atoms with Crippen molar-refractivity contribution in [2.24, 2.45) is 0 Å². The first kappa shape index (κ1) is 12.8. The predicted molar refractivity (Wildman–Crippen MR) is 70.8 cm³/mol. The average molecular weight is 273 g/mol. The summed E-state index contributed by atoms with van der Waals surface area (Å²) in [6, 6.07) is 9.85. The second kappa shape index (κ2) is 5.42. The van der Waals surface area contributed by atoms with Crippen molar-refractivity contribution < 1.29 is 14.4 Å². The molecule has 0 saturated heterocycles. The van der Waals surface area contributed by atoms with Crippen LogP contribution in [0, 0.1) is 0 Å².